The van der Waals surface area contributed by atoms with Gasteiger partial charge in [-0.05, 0) is 18.2 Å². The van der Waals surface area contributed by atoms with Crippen molar-refractivity contribution in [1.82, 2.24) is 0 Å². The van der Waals surface area contributed by atoms with Crippen molar-refractivity contribution in [3.05, 3.63) is 48.0 Å². The van der Waals surface area contributed by atoms with E-state index in [1.165, 1.54) is 6.08 Å². The Balaban J connectivity index is 2.41. The van der Waals surface area contributed by atoms with Gasteiger partial charge in [-0.3, -0.25) is 0 Å². The van der Waals surface area contributed by atoms with E-state index in [2.05, 4.69) is 0 Å². The topological polar surface area (TPSA) is 63.6 Å². The van der Waals surface area contributed by atoms with E-state index >= 15 is 0 Å². The normalized spacial score (nSPS) is 10.1. The predicted octanol–water partition coefficient (Wildman–Crippen LogP) is 1.48. The number of hydrogen-bond acceptors (Lipinski definition) is 3. The van der Waals surface area contributed by atoms with Gasteiger partial charge >= 0.3 is 11.9 Å². The van der Waals surface area contributed by atoms with E-state index in [-0.39, 0.29) is 6.61 Å². The Bertz CT molecular complexity index is 367. The summed E-state index contributed by atoms with van der Waals surface area (Å²) in [6.45, 7) is -0.0416. The third-order valence-electron chi connectivity index (χ3n) is 1.58. The van der Waals surface area contributed by atoms with Gasteiger partial charge < -0.3 is 9.84 Å². The van der Waals surface area contributed by atoms with Gasteiger partial charge in [0.2, 0.25) is 0 Å². The molecule has 4 heteroatoms. The molecule has 1 aromatic carbocycles. The van der Waals surface area contributed by atoms with Crippen molar-refractivity contribution < 1.29 is 19.4 Å². The van der Waals surface area contributed by atoms with Crippen molar-refractivity contribution in [3.63, 3.8) is 0 Å². The summed E-state index contributed by atoms with van der Waals surface area (Å²) in [6, 6.07) is 8.50. The monoisotopic (exact) mass is 206 g/mol. The zero-order valence-electron chi connectivity index (χ0n) is 7.92. The van der Waals surface area contributed by atoms with Crippen molar-refractivity contribution in [2.75, 3.05) is 6.61 Å². The van der Waals surface area contributed by atoms with Gasteiger partial charge in [0.25, 0.3) is 0 Å². The molecule has 0 fully saturated rings. The van der Waals surface area contributed by atoms with Crippen LogP contribution in [0.15, 0.2) is 42.5 Å². The quantitative estimate of drug-likeness (QED) is 0.598. The molecule has 1 aromatic rings. The molecule has 0 atom stereocenters. The van der Waals surface area contributed by atoms with Gasteiger partial charge in [0.05, 0.1) is 5.56 Å². The molecule has 0 bridgehead atoms. The summed E-state index contributed by atoms with van der Waals surface area (Å²) in [5.74, 6) is -1.53. The summed E-state index contributed by atoms with van der Waals surface area (Å²) in [6.07, 6.45) is 2.20. The van der Waals surface area contributed by atoms with Crippen molar-refractivity contribution >= 4 is 11.9 Å². The van der Waals surface area contributed by atoms with E-state index in [1.807, 2.05) is 0 Å². The smallest absolute Gasteiger partial charge is 0.338 e. The number of carboxylic acid groups (broad SMARTS) is 1. The molecular formula is C11H10O4. The van der Waals surface area contributed by atoms with Crippen LogP contribution in [0.25, 0.3) is 0 Å². The maximum atomic E-state index is 11.3. The highest BCUT2D eigenvalue weighted by Crippen LogP contribution is 2.00. The largest absolute Gasteiger partial charge is 0.478 e. The fraction of sp³-hybridized carbons (Fsp3) is 0.0909. The molecule has 1 rings (SSSR count). The molecule has 0 heterocycles. The second-order valence-corrected chi connectivity index (χ2v) is 2.71. The van der Waals surface area contributed by atoms with Crippen molar-refractivity contribution in [2.24, 2.45) is 0 Å². The highest BCUT2D eigenvalue weighted by atomic mass is 16.5. The molecule has 0 aliphatic heterocycles. The number of esters is 1. The predicted molar refractivity (Wildman–Crippen MR) is 53.5 cm³/mol. The Morgan fingerprint density at radius 3 is 2.53 bits per heavy atom. The fourth-order valence-corrected chi connectivity index (χ4v) is 0.930. The lowest BCUT2D eigenvalue weighted by Gasteiger charge is -2.00. The van der Waals surface area contributed by atoms with E-state index in [4.69, 9.17) is 9.84 Å². The first-order valence-corrected chi connectivity index (χ1v) is 4.32. The SMILES string of the molecule is O=C(O)/C=C/COC(=O)c1ccccc1. The molecule has 15 heavy (non-hydrogen) atoms. The molecule has 0 unspecified atom stereocenters. The Morgan fingerprint density at radius 2 is 1.93 bits per heavy atom. The lowest BCUT2D eigenvalue weighted by molar-refractivity contribution is -0.131. The molecule has 0 aliphatic carbocycles. The van der Waals surface area contributed by atoms with Gasteiger partial charge in [-0.15, -0.1) is 0 Å². The summed E-state index contributed by atoms with van der Waals surface area (Å²) >= 11 is 0. The van der Waals surface area contributed by atoms with Gasteiger partial charge in [-0.1, -0.05) is 18.2 Å². The fourth-order valence-electron chi connectivity index (χ4n) is 0.930. The van der Waals surface area contributed by atoms with Crippen LogP contribution in [0.2, 0.25) is 0 Å². The Hall–Kier alpha value is -2.10. The standard InChI is InChI=1S/C11H10O4/c12-10(13)7-4-8-15-11(14)9-5-2-1-3-6-9/h1-7H,8H2,(H,12,13)/b7-4+. The summed E-state index contributed by atoms with van der Waals surface area (Å²) in [5, 5.41) is 8.27. The molecule has 0 saturated heterocycles. The number of carbonyl (C=O) groups excluding carboxylic acids is 1. The Kier molecular flexibility index (Phi) is 4.09. The molecule has 0 radical (unpaired) electrons. The molecular weight excluding hydrogens is 196 g/mol. The van der Waals surface area contributed by atoms with Crippen LogP contribution in [0.3, 0.4) is 0 Å². The average molecular weight is 206 g/mol. The van der Waals surface area contributed by atoms with Crippen LogP contribution < -0.4 is 0 Å². The first kappa shape index (κ1) is 11.0. The highest BCUT2D eigenvalue weighted by molar-refractivity contribution is 5.89. The van der Waals surface area contributed by atoms with Crippen LogP contribution in [-0.4, -0.2) is 23.7 Å². The summed E-state index contributed by atoms with van der Waals surface area (Å²) < 4.78 is 4.79. The number of carboxylic acids is 1. The number of benzene rings is 1. The minimum absolute atomic E-state index is 0.0416. The minimum atomic E-state index is -1.06. The van der Waals surface area contributed by atoms with Gasteiger partial charge in [-0.2, -0.15) is 0 Å². The lowest BCUT2D eigenvalue weighted by atomic mass is 10.2. The van der Waals surface area contributed by atoms with Gasteiger partial charge in [0.15, 0.2) is 0 Å². The molecule has 0 spiro atoms. The summed E-state index contributed by atoms with van der Waals surface area (Å²) in [4.78, 5) is 21.4. The Morgan fingerprint density at radius 1 is 1.27 bits per heavy atom. The lowest BCUT2D eigenvalue weighted by Crippen LogP contribution is -2.04. The van der Waals surface area contributed by atoms with Crippen LogP contribution in [0.1, 0.15) is 10.4 Å². The number of rotatable bonds is 4. The third kappa shape index (κ3) is 4.08. The molecule has 1 N–H and O–H groups in total. The Labute approximate surface area is 86.8 Å². The first-order valence-electron chi connectivity index (χ1n) is 4.32. The highest BCUT2D eigenvalue weighted by Gasteiger charge is 2.03. The minimum Gasteiger partial charge on any atom is -0.478 e. The van der Waals surface area contributed by atoms with Gasteiger partial charge in [-0.25, -0.2) is 9.59 Å². The zero-order valence-corrected chi connectivity index (χ0v) is 7.92. The molecule has 0 amide bonds. The van der Waals surface area contributed by atoms with Crippen molar-refractivity contribution in [2.45, 2.75) is 0 Å². The van der Waals surface area contributed by atoms with Crippen molar-refractivity contribution in [3.8, 4) is 0 Å². The first-order chi connectivity index (χ1) is 7.20. The number of hydrogen-bond donors (Lipinski definition) is 1. The van der Waals surface area contributed by atoms with Crippen LogP contribution in [0.5, 0.6) is 0 Å². The third-order valence-corrected chi connectivity index (χ3v) is 1.58. The maximum Gasteiger partial charge on any atom is 0.338 e. The zero-order chi connectivity index (χ0) is 11.1. The van der Waals surface area contributed by atoms with Crippen LogP contribution in [0, 0.1) is 0 Å². The molecule has 0 saturated carbocycles. The second-order valence-electron chi connectivity index (χ2n) is 2.71. The number of ether oxygens (including phenoxy) is 1. The van der Waals surface area contributed by atoms with Crippen LogP contribution in [0.4, 0.5) is 0 Å². The van der Waals surface area contributed by atoms with Gasteiger partial charge in [0.1, 0.15) is 6.61 Å². The summed E-state index contributed by atoms with van der Waals surface area (Å²) in [5.41, 5.74) is 0.446. The maximum absolute atomic E-state index is 11.3. The average Bonchev–Trinajstić information content (AvgIpc) is 2.25. The number of aliphatic carboxylic acids is 1. The van der Waals surface area contributed by atoms with E-state index in [1.54, 1.807) is 30.3 Å². The van der Waals surface area contributed by atoms with Crippen molar-refractivity contribution in [1.29, 1.82) is 0 Å². The second kappa shape index (κ2) is 5.59. The van der Waals surface area contributed by atoms with E-state index in [9.17, 15) is 9.59 Å². The van der Waals surface area contributed by atoms with E-state index in [0.29, 0.717) is 5.56 Å². The molecule has 0 aromatic heterocycles. The van der Waals surface area contributed by atoms with E-state index < -0.39 is 11.9 Å². The van der Waals surface area contributed by atoms with Gasteiger partial charge in [0, 0.05) is 6.08 Å². The number of carbonyl (C=O) groups is 2. The van der Waals surface area contributed by atoms with Crippen LogP contribution >= 0.6 is 0 Å². The molecule has 0 aliphatic rings. The molecule has 78 valence electrons. The van der Waals surface area contributed by atoms with E-state index in [0.717, 1.165) is 6.08 Å². The van der Waals surface area contributed by atoms with Crippen LogP contribution in [-0.2, 0) is 9.53 Å². The summed E-state index contributed by atoms with van der Waals surface area (Å²) in [7, 11) is 0. The molecule has 4 nitrogen and oxygen atoms in total.